The molecule has 0 aliphatic rings. The average Bonchev–Trinajstić information content (AvgIpc) is 3.11. The van der Waals surface area contributed by atoms with Gasteiger partial charge < -0.3 is 19.5 Å². The summed E-state index contributed by atoms with van der Waals surface area (Å²) in [6, 6.07) is 3.79. The fraction of sp³-hybridized carbons (Fsp3) is 0.350. The first-order chi connectivity index (χ1) is 13.0. The van der Waals surface area contributed by atoms with Crippen LogP contribution in [0.2, 0.25) is 25.7 Å². The molecule has 0 aliphatic carbocycles. The minimum Gasteiger partial charge on any atom is -0.478 e. The topological polar surface area (TPSA) is 102 Å². The SMILES string of the molecule is C#Cc1cc(C(=O)O)c(C)c(C(=O)O)c1.C[Si](C)(C)CCOCn1ccnc1. The zero-order chi connectivity index (χ0) is 21.3. The molecule has 2 aromatic rings. The van der Waals surface area contributed by atoms with Gasteiger partial charge in [-0.05, 0) is 30.7 Å². The normalized spacial score (nSPS) is 10.5. The fourth-order valence-electron chi connectivity index (χ4n) is 2.15. The van der Waals surface area contributed by atoms with Crippen molar-refractivity contribution in [3.05, 3.63) is 53.1 Å². The van der Waals surface area contributed by atoms with E-state index >= 15 is 0 Å². The average molecular weight is 403 g/mol. The molecule has 7 nitrogen and oxygen atoms in total. The minimum atomic E-state index is -1.19. The van der Waals surface area contributed by atoms with Crippen LogP contribution in [-0.4, -0.2) is 46.4 Å². The summed E-state index contributed by atoms with van der Waals surface area (Å²) in [7, 11) is -0.929. The molecule has 0 radical (unpaired) electrons. The van der Waals surface area contributed by atoms with Crippen LogP contribution in [0.15, 0.2) is 30.9 Å². The van der Waals surface area contributed by atoms with Crippen LogP contribution in [0.3, 0.4) is 0 Å². The predicted octanol–water partition coefficient (Wildman–Crippen LogP) is 3.57. The van der Waals surface area contributed by atoms with Gasteiger partial charge in [-0.1, -0.05) is 25.6 Å². The molecule has 0 fully saturated rings. The van der Waals surface area contributed by atoms with Crippen molar-refractivity contribution < 1.29 is 24.5 Å². The van der Waals surface area contributed by atoms with E-state index in [1.165, 1.54) is 25.1 Å². The third-order valence-corrected chi connectivity index (χ3v) is 5.54. The Morgan fingerprint density at radius 1 is 1.21 bits per heavy atom. The Kier molecular flexibility index (Phi) is 8.63. The molecule has 0 atom stereocenters. The molecule has 0 amide bonds. The summed E-state index contributed by atoms with van der Waals surface area (Å²) in [5.74, 6) is -0.158. The second-order valence-electron chi connectivity index (χ2n) is 7.38. The first kappa shape index (κ1) is 23.1. The molecule has 0 bridgehead atoms. The Labute approximate surface area is 166 Å². The molecular weight excluding hydrogens is 376 g/mol. The molecule has 0 saturated heterocycles. The number of carboxylic acids is 2. The van der Waals surface area contributed by atoms with Gasteiger partial charge in [0.05, 0.1) is 17.5 Å². The maximum Gasteiger partial charge on any atom is 0.336 e. The monoisotopic (exact) mass is 402 g/mol. The van der Waals surface area contributed by atoms with Crippen LogP contribution in [0.25, 0.3) is 0 Å². The van der Waals surface area contributed by atoms with E-state index in [2.05, 4.69) is 30.5 Å². The molecule has 2 rings (SSSR count). The second-order valence-corrected chi connectivity index (χ2v) is 13.0. The van der Waals surface area contributed by atoms with E-state index in [9.17, 15) is 9.59 Å². The minimum absolute atomic E-state index is 0.0807. The van der Waals surface area contributed by atoms with Crippen molar-refractivity contribution in [1.29, 1.82) is 0 Å². The molecule has 1 aromatic heterocycles. The third-order valence-electron chi connectivity index (χ3n) is 3.83. The molecule has 150 valence electrons. The van der Waals surface area contributed by atoms with Crippen molar-refractivity contribution in [3.8, 4) is 12.3 Å². The summed E-state index contributed by atoms with van der Waals surface area (Å²) < 4.78 is 7.45. The van der Waals surface area contributed by atoms with Crippen molar-refractivity contribution in [3.63, 3.8) is 0 Å². The zero-order valence-corrected chi connectivity index (χ0v) is 17.6. The Hall–Kier alpha value is -2.89. The zero-order valence-electron chi connectivity index (χ0n) is 16.6. The predicted molar refractivity (Wildman–Crippen MR) is 109 cm³/mol. The van der Waals surface area contributed by atoms with Gasteiger partial charge in [0.25, 0.3) is 0 Å². The first-order valence-electron chi connectivity index (χ1n) is 8.66. The van der Waals surface area contributed by atoms with Crippen molar-refractivity contribution >= 4 is 20.0 Å². The number of terminal acetylenes is 1. The summed E-state index contributed by atoms with van der Waals surface area (Å²) in [5.41, 5.74) is 0.287. The van der Waals surface area contributed by atoms with E-state index in [0.29, 0.717) is 6.73 Å². The lowest BCUT2D eigenvalue weighted by Crippen LogP contribution is -2.21. The molecule has 0 unspecified atom stereocenters. The highest BCUT2D eigenvalue weighted by atomic mass is 28.3. The van der Waals surface area contributed by atoms with Crippen molar-refractivity contribution in [2.45, 2.75) is 39.3 Å². The lowest BCUT2D eigenvalue weighted by atomic mass is 9.99. The molecule has 0 aliphatic heterocycles. The number of benzene rings is 1. The van der Waals surface area contributed by atoms with Crippen molar-refractivity contribution in [2.75, 3.05) is 6.61 Å². The Morgan fingerprint density at radius 2 is 1.79 bits per heavy atom. The fourth-order valence-corrected chi connectivity index (χ4v) is 2.91. The summed E-state index contributed by atoms with van der Waals surface area (Å²) in [6.45, 7) is 10.0. The van der Waals surface area contributed by atoms with Gasteiger partial charge in [-0.15, -0.1) is 6.42 Å². The van der Waals surface area contributed by atoms with Gasteiger partial charge in [0.1, 0.15) is 6.73 Å². The highest BCUT2D eigenvalue weighted by Crippen LogP contribution is 2.17. The van der Waals surface area contributed by atoms with Crippen LogP contribution in [0.1, 0.15) is 31.8 Å². The number of ether oxygens (including phenoxy) is 1. The van der Waals surface area contributed by atoms with Crippen LogP contribution >= 0.6 is 0 Å². The standard InChI is InChI=1S/C11H8O4.C9H18N2OSi/c1-3-7-4-8(10(12)13)6(2)9(5-7)11(14)15;1-13(2,3)7-6-12-9-11-5-4-10-8-11/h1,4-5H,2H3,(H,12,13)(H,14,15);4-5,8H,6-7,9H2,1-3H3. The van der Waals surface area contributed by atoms with E-state index < -0.39 is 20.0 Å². The number of carboxylic acid groups (broad SMARTS) is 2. The van der Waals surface area contributed by atoms with Crippen molar-refractivity contribution in [2.24, 2.45) is 0 Å². The number of aromatic carboxylic acids is 2. The first-order valence-corrected chi connectivity index (χ1v) is 12.4. The van der Waals surface area contributed by atoms with Crippen LogP contribution in [0, 0.1) is 19.3 Å². The lowest BCUT2D eigenvalue weighted by molar-refractivity contribution is 0.0696. The number of imidazole rings is 1. The number of carbonyl (C=O) groups is 2. The molecule has 0 spiro atoms. The molecular formula is C20H26N2O5Si. The van der Waals surface area contributed by atoms with E-state index in [-0.39, 0.29) is 22.3 Å². The van der Waals surface area contributed by atoms with Crippen LogP contribution in [-0.2, 0) is 11.5 Å². The highest BCUT2D eigenvalue weighted by Gasteiger charge is 2.16. The number of nitrogens with zero attached hydrogens (tertiary/aromatic N) is 2. The van der Waals surface area contributed by atoms with Gasteiger partial charge in [0.2, 0.25) is 0 Å². The quantitative estimate of drug-likeness (QED) is 0.417. The maximum atomic E-state index is 10.8. The van der Waals surface area contributed by atoms with Gasteiger partial charge in [-0.25, -0.2) is 14.6 Å². The molecule has 8 heteroatoms. The van der Waals surface area contributed by atoms with Crippen LogP contribution < -0.4 is 0 Å². The van der Waals surface area contributed by atoms with Gasteiger partial charge >= 0.3 is 11.9 Å². The van der Waals surface area contributed by atoms with Crippen LogP contribution in [0.5, 0.6) is 0 Å². The van der Waals surface area contributed by atoms with Gasteiger partial charge in [-0.2, -0.15) is 0 Å². The van der Waals surface area contributed by atoms with Gasteiger partial charge in [0.15, 0.2) is 0 Å². The summed E-state index contributed by atoms with van der Waals surface area (Å²) in [5, 5.41) is 17.7. The molecule has 1 aromatic carbocycles. The van der Waals surface area contributed by atoms with E-state index in [1.54, 1.807) is 12.5 Å². The number of aromatic nitrogens is 2. The van der Waals surface area contributed by atoms with Gasteiger partial charge in [-0.3, -0.25) is 0 Å². The number of hydrogen-bond donors (Lipinski definition) is 2. The Morgan fingerprint density at radius 3 is 2.18 bits per heavy atom. The summed E-state index contributed by atoms with van der Waals surface area (Å²) >= 11 is 0. The molecule has 1 heterocycles. The van der Waals surface area contributed by atoms with E-state index in [4.69, 9.17) is 21.4 Å². The smallest absolute Gasteiger partial charge is 0.336 e. The van der Waals surface area contributed by atoms with E-state index in [0.717, 1.165) is 6.61 Å². The lowest BCUT2D eigenvalue weighted by Gasteiger charge is -2.15. The largest absolute Gasteiger partial charge is 0.478 e. The van der Waals surface area contributed by atoms with Crippen molar-refractivity contribution in [1.82, 2.24) is 9.55 Å². The second kappa shape index (κ2) is 10.4. The molecule has 0 saturated carbocycles. The Bertz CT molecular complexity index is 813. The molecule has 2 N–H and O–H groups in total. The maximum absolute atomic E-state index is 10.8. The van der Waals surface area contributed by atoms with Gasteiger partial charge in [0, 0.05) is 32.6 Å². The summed E-state index contributed by atoms with van der Waals surface area (Å²) in [4.78, 5) is 25.5. The van der Waals surface area contributed by atoms with E-state index in [1.807, 2.05) is 10.8 Å². The third kappa shape index (κ3) is 7.78. The number of hydrogen-bond acceptors (Lipinski definition) is 4. The number of rotatable bonds is 7. The highest BCUT2D eigenvalue weighted by molar-refractivity contribution is 6.76. The Balaban J connectivity index is 0.000000283. The van der Waals surface area contributed by atoms with Crippen LogP contribution in [0.4, 0.5) is 0 Å². The molecule has 28 heavy (non-hydrogen) atoms. The summed E-state index contributed by atoms with van der Waals surface area (Å²) in [6.07, 6.45) is 10.6.